The Bertz CT molecular complexity index is 896. The molecule has 4 nitrogen and oxygen atoms in total. The van der Waals surface area contributed by atoms with Crippen LogP contribution in [0.2, 0.25) is 0 Å². The Balaban J connectivity index is 1.66. The van der Waals surface area contributed by atoms with E-state index < -0.39 is 0 Å². The summed E-state index contributed by atoms with van der Waals surface area (Å²) in [7, 11) is 0. The molecule has 0 unspecified atom stereocenters. The second-order valence-electron chi connectivity index (χ2n) is 5.91. The van der Waals surface area contributed by atoms with Gasteiger partial charge in [0.15, 0.2) is 5.11 Å². The van der Waals surface area contributed by atoms with E-state index in [2.05, 4.69) is 10.6 Å². The third-order valence-electron chi connectivity index (χ3n) is 4.05. The predicted octanol–water partition coefficient (Wildman–Crippen LogP) is 5.16. The zero-order chi connectivity index (χ0) is 19.1. The number of carbonyl (C=O) groups excluding carboxylic acids is 1. The number of hydrogen-bond acceptors (Lipinski definition) is 2. The Morgan fingerprint density at radius 3 is 1.89 bits per heavy atom. The molecule has 3 rings (SSSR count). The lowest BCUT2D eigenvalue weighted by Gasteiger charge is -2.21. The first kappa shape index (κ1) is 18.6. The van der Waals surface area contributed by atoms with Crippen molar-refractivity contribution in [3.05, 3.63) is 90.5 Å². The van der Waals surface area contributed by atoms with Crippen LogP contribution < -0.4 is 15.5 Å². The van der Waals surface area contributed by atoms with Gasteiger partial charge in [0.25, 0.3) is 5.91 Å². The molecule has 0 atom stereocenters. The van der Waals surface area contributed by atoms with Gasteiger partial charge in [-0.25, -0.2) is 0 Å². The van der Waals surface area contributed by atoms with Crippen LogP contribution >= 0.6 is 12.2 Å². The van der Waals surface area contributed by atoms with Crippen molar-refractivity contribution in [2.45, 2.75) is 6.92 Å². The maximum Gasteiger partial charge on any atom is 0.258 e. The minimum absolute atomic E-state index is 0.0276. The highest BCUT2D eigenvalue weighted by Gasteiger charge is 2.15. The zero-order valence-corrected chi connectivity index (χ0v) is 15.9. The summed E-state index contributed by atoms with van der Waals surface area (Å²) in [6.45, 7) is 2.57. The van der Waals surface area contributed by atoms with Gasteiger partial charge in [-0.15, -0.1) is 0 Å². The molecule has 0 aromatic heterocycles. The highest BCUT2D eigenvalue weighted by molar-refractivity contribution is 7.80. The Labute approximate surface area is 164 Å². The lowest BCUT2D eigenvalue weighted by molar-refractivity contribution is 0.0988. The SMILES string of the molecule is CCN(C(=O)c1ccc(NC(=S)Nc2ccccc2)cc1)c1ccccc1. The fraction of sp³-hybridized carbons (Fsp3) is 0.0909. The first-order valence-electron chi connectivity index (χ1n) is 8.77. The smallest absolute Gasteiger partial charge is 0.258 e. The maximum atomic E-state index is 12.8. The van der Waals surface area contributed by atoms with Crippen LogP contribution in [0.3, 0.4) is 0 Å². The molecule has 0 spiro atoms. The van der Waals surface area contributed by atoms with Gasteiger partial charge in [0, 0.05) is 29.2 Å². The monoisotopic (exact) mass is 375 g/mol. The molecular formula is C22H21N3OS. The topological polar surface area (TPSA) is 44.4 Å². The molecule has 0 aliphatic rings. The van der Waals surface area contributed by atoms with E-state index in [4.69, 9.17) is 12.2 Å². The minimum atomic E-state index is -0.0276. The lowest BCUT2D eigenvalue weighted by atomic mass is 10.1. The summed E-state index contributed by atoms with van der Waals surface area (Å²) in [5.74, 6) is -0.0276. The van der Waals surface area contributed by atoms with Crippen molar-refractivity contribution < 1.29 is 4.79 Å². The summed E-state index contributed by atoms with van der Waals surface area (Å²) in [4.78, 5) is 14.6. The van der Waals surface area contributed by atoms with Crippen molar-refractivity contribution in [2.75, 3.05) is 22.1 Å². The molecule has 0 aliphatic carbocycles. The van der Waals surface area contributed by atoms with E-state index in [9.17, 15) is 4.79 Å². The molecule has 5 heteroatoms. The van der Waals surface area contributed by atoms with Crippen molar-refractivity contribution in [3.8, 4) is 0 Å². The average molecular weight is 375 g/mol. The number of rotatable bonds is 5. The highest BCUT2D eigenvalue weighted by Crippen LogP contribution is 2.18. The Morgan fingerprint density at radius 2 is 1.33 bits per heavy atom. The molecule has 0 bridgehead atoms. The number of carbonyl (C=O) groups is 1. The molecular weight excluding hydrogens is 354 g/mol. The summed E-state index contributed by atoms with van der Waals surface area (Å²) in [6, 6.07) is 26.7. The van der Waals surface area contributed by atoms with Gasteiger partial charge in [-0.1, -0.05) is 36.4 Å². The number of thiocarbonyl (C=S) groups is 1. The second-order valence-corrected chi connectivity index (χ2v) is 6.32. The number of amides is 1. The van der Waals surface area contributed by atoms with Crippen LogP contribution in [-0.4, -0.2) is 17.6 Å². The molecule has 0 aliphatic heterocycles. The molecule has 3 aromatic rings. The minimum Gasteiger partial charge on any atom is -0.332 e. The fourth-order valence-corrected chi connectivity index (χ4v) is 2.95. The zero-order valence-electron chi connectivity index (χ0n) is 15.1. The van der Waals surface area contributed by atoms with E-state index in [0.717, 1.165) is 17.1 Å². The van der Waals surface area contributed by atoms with E-state index in [1.54, 1.807) is 17.0 Å². The standard InChI is InChI=1S/C22H21N3OS/c1-2-25(20-11-7-4-8-12-20)21(26)17-13-15-19(16-14-17)24-22(27)23-18-9-5-3-6-10-18/h3-16H,2H2,1H3,(H2,23,24,27). The Hall–Kier alpha value is -3.18. The summed E-state index contributed by atoms with van der Waals surface area (Å²) in [5.41, 5.74) is 3.26. The van der Waals surface area contributed by atoms with Crippen LogP contribution in [0.15, 0.2) is 84.9 Å². The van der Waals surface area contributed by atoms with Gasteiger partial charge in [-0.3, -0.25) is 4.79 Å². The third kappa shape index (κ3) is 4.92. The van der Waals surface area contributed by atoms with E-state index in [0.29, 0.717) is 17.2 Å². The van der Waals surface area contributed by atoms with E-state index in [1.165, 1.54) is 0 Å². The van der Waals surface area contributed by atoms with Gasteiger partial charge in [-0.2, -0.15) is 0 Å². The number of nitrogens with zero attached hydrogens (tertiary/aromatic N) is 1. The Kier molecular flexibility index (Phi) is 6.18. The van der Waals surface area contributed by atoms with Gasteiger partial charge in [-0.05, 0) is 67.7 Å². The summed E-state index contributed by atoms with van der Waals surface area (Å²) in [6.07, 6.45) is 0. The van der Waals surface area contributed by atoms with Crippen molar-refractivity contribution in [3.63, 3.8) is 0 Å². The van der Waals surface area contributed by atoms with Crippen LogP contribution in [0.5, 0.6) is 0 Å². The van der Waals surface area contributed by atoms with E-state index in [1.807, 2.05) is 79.7 Å². The van der Waals surface area contributed by atoms with Gasteiger partial charge < -0.3 is 15.5 Å². The van der Waals surface area contributed by atoms with Crippen molar-refractivity contribution in [1.29, 1.82) is 0 Å². The molecule has 0 fully saturated rings. The number of nitrogens with one attached hydrogen (secondary N) is 2. The average Bonchev–Trinajstić information content (AvgIpc) is 2.70. The van der Waals surface area contributed by atoms with Crippen LogP contribution in [0.25, 0.3) is 0 Å². The summed E-state index contributed by atoms with van der Waals surface area (Å²) >= 11 is 5.33. The first-order chi connectivity index (χ1) is 13.2. The Morgan fingerprint density at radius 1 is 0.815 bits per heavy atom. The summed E-state index contributed by atoms with van der Waals surface area (Å²) in [5, 5.41) is 6.75. The third-order valence-corrected chi connectivity index (χ3v) is 4.25. The van der Waals surface area contributed by atoms with Crippen molar-refractivity contribution in [2.24, 2.45) is 0 Å². The normalized spacial score (nSPS) is 10.1. The van der Waals surface area contributed by atoms with Crippen LogP contribution in [0.1, 0.15) is 17.3 Å². The van der Waals surface area contributed by atoms with Crippen LogP contribution in [0, 0.1) is 0 Å². The summed E-state index contributed by atoms with van der Waals surface area (Å²) < 4.78 is 0. The van der Waals surface area contributed by atoms with Crippen molar-refractivity contribution in [1.82, 2.24) is 0 Å². The van der Waals surface area contributed by atoms with Crippen molar-refractivity contribution >= 4 is 40.3 Å². The molecule has 1 amide bonds. The molecule has 27 heavy (non-hydrogen) atoms. The number of benzene rings is 3. The molecule has 0 saturated heterocycles. The number of hydrogen-bond donors (Lipinski definition) is 2. The van der Waals surface area contributed by atoms with Gasteiger partial charge in [0.1, 0.15) is 0 Å². The fourth-order valence-electron chi connectivity index (χ4n) is 2.72. The molecule has 0 radical (unpaired) electrons. The largest absolute Gasteiger partial charge is 0.332 e. The number of para-hydroxylation sites is 2. The van der Waals surface area contributed by atoms with Crippen LogP contribution in [0.4, 0.5) is 17.1 Å². The van der Waals surface area contributed by atoms with Crippen LogP contribution in [-0.2, 0) is 0 Å². The highest BCUT2D eigenvalue weighted by atomic mass is 32.1. The molecule has 3 aromatic carbocycles. The van der Waals surface area contributed by atoms with E-state index in [-0.39, 0.29) is 5.91 Å². The lowest BCUT2D eigenvalue weighted by Crippen LogP contribution is -2.30. The predicted molar refractivity (Wildman–Crippen MR) is 117 cm³/mol. The quantitative estimate of drug-likeness (QED) is 0.605. The first-order valence-corrected chi connectivity index (χ1v) is 9.18. The van der Waals surface area contributed by atoms with Gasteiger partial charge in [0.2, 0.25) is 0 Å². The maximum absolute atomic E-state index is 12.8. The molecule has 0 saturated carbocycles. The van der Waals surface area contributed by atoms with Gasteiger partial charge in [0.05, 0.1) is 0 Å². The molecule has 136 valence electrons. The molecule has 0 heterocycles. The second kappa shape index (κ2) is 8.96. The number of anilines is 3. The van der Waals surface area contributed by atoms with Gasteiger partial charge >= 0.3 is 0 Å². The van der Waals surface area contributed by atoms with E-state index >= 15 is 0 Å². The molecule has 2 N–H and O–H groups in total.